The van der Waals surface area contributed by atoms with E-state index in [2.05, 4.69) is 10.6 Å². The van der Waals surface area contributed by atoms with Crippen LogP contribution in [0.1, 0.15) is 5.56 Å². The van der Waals surface area contributed by atoms with Gasteiger partial charge in [0.15, 0.2) is 11.7 Å². The second-order valence-electron chi connectivity index (χ2n) is 4.71. The molecule has 0 unspecified atom stereocenters. The summed E-state index contributed by atoms with van der Waals surface area (Å²) >= 11 is 16.9. The van der Waals surface area contributed by atoms with Gasteiger partial charge in [-0.3, -0.25) is 10.1 Å². The third-order valence-corrected chi connectivity index (χ3v) is 3.47. The number of hydrogen-bond donors (Lipinski definition) is 2. The van der Waals surface area contributed by atoms with Crippen molar-refractivity contribution in [2.24, 2.45) is 0 Å². The van der Waals surface area contributed by atoms with Gasteiger partial charge in [-0.25, -0.2) is 0 Å². The monoisotopic (exact) mass is 368 g/mol. The van der Waals surface area contributed by atoms with Gasteiger partial charge in [0.1, 0.15) is 5.75 Å². The van der Waals surface area contributed by atoms with Crippen molar-refractivity contribution in [2.45, 2.75) is 6.92 Å². The highest BCUT2D eigenvalue weighted by Gasteiger charge is 2.08. The van der Waals surface area contributed by atoms with Gasteiger partial charge in [-0.1, -0.05) is 41.4 Å². The Morgan fingerprint density at radius 3 is 2.48 bits per heavy atom. The first kappa shape index (κ1) is 17.5. The maximum absolute atomic E-state index is 11.8. The maximum Gasteiger partial charge on any atom is 0.264 e. The van der Waals surface area contributed by atoms with Gasteiger partial charge < -0.3 is 10.1 Å². The van der Waals surface area contributed by atoms with Crippen LogP contribution in [-0.2, 0) is 4.79 Å². The minimum absolute atomic E-state index is 0.136. The number of amides is 1. The molecule has 23 heavy (non-hydrogen) atoms. The molecule has 0 spiro atoms. The largest absolute Gasteiger partial charge is 0.483 e. The molecule has 2 rings (SSSR count). The van der Waals surface area contributed by atoms with Crippen LogP contribution in [0.4, 0.5) is 5.69 Å². The fraction of sp³-hybridized carbons (Fsp3) is 0.125. The number of rotatable bonds is 4. The Morgan fingerprint density at radius 1 is 1.17 bits per heavy atom. The van der Waals surface area contributed by atoms with Gasteiger partial charge in [-0.15, -0.1) is 0 Å². The molecule has 2 N–H and O–H groups in total. The Balaban J connectivity index is 1.85. The van der Waals surface area contributed by atoms with E-state index in [0.717, 1.165) is 5.56 Å². The van der Waals surface area contributed by atoms with Crippen LogP contribution in [0.25, 0.3) is 0 Å². The molecule has 0 aromatic heterocycles. The average Bonchev–Trinajstić information content (AvgIpc) is 2.45. The van der Waals surface area contributed by atoms with Crippen molar-refractivity contribution in [1.29, 1.82) is 0 Å². The van der Waals surface area contributed by atoms with Crippen LogP contribution in [0.5, 0.6) is 5.75 Å². The lowest BCUT2D eigenvalue weighted by molar-refractivity contribution is -0.121. The maximum atomic E-state index is 11.8. The van der Waals surface area contributed by atoms with E-state index < -0.39 is 0 Å². The summed E-state index contributed by atoms with van der Waals surface area (Å²) in [6.07, 6.45) is 0. The summed E-state index contributed by atoms with van der Waals surface area (Å²) in [6.45, 7) is 1.77. The SMILES string of the molecule is Cc1ccccc1OCC(=O)NC(=S)Nc1cc(Cl)cc(Cl)c1. The highest BCUT2D eigenvalue weighted by molar-refractivity contribution is 7.80. The van der Waals surface area contributed by atoms with Crippen molar-refractivity contribution >= 4 is 52.1 Å². The van der Waals surface area contributed by atoms with Crippen molar-refractivity contribution < 1.29 is 9.53 Å². The Morgan fingerprint density at radius 2 is 1.83 bits per heavy atom. The van der Waals surface area contributed by atoms with E-state index in [-0.39, 0.29) is 17.6 Å². The zero-order valence-electron chi connectivity index (χ0n) is 12.2. The summed E-state index contributed by atoms with van der Waals surface area (Å²) in [4.78, 5) is 11.8. The highest BCUT2D eigenvalue weighted by Crippen LogP contribution is 2.22. The molecule has 0 aliphatic heterocycles. The molecule has 0 aliphatic rings. The van der Waals surface area contributed by atoms with Crippen LogP contribution in [0.2, 0.25) is 10.0 Å². The number of hydrogen-bond acceptors (Lipinski definition) is 3. The zero-order chi connectivity index (χ0) is 16.8. The lowest BCUT2D eigenvalue weighted by atomic mass is 10.2. The third kappa shape index (κ3) is 5.71. The first-order valence-electron chi connectivity index (χ1n) is 6.69. The topological polar surface area (TPSA) is 50.4 Å². The van der Waals surface area contributed by atoms with Gasteiger partial charge in [0.2, 0.25) is 0 Å². The predicted molar refractivity (Wildman–Crippen MR) is 97.5 cm³/mol. The van der Waals surface area contributed by atoms with Crippen molar-refractivity contribution in [3.05, 3.63) is 58.1 Å². The van der Waals surface area contributed by atoms with Gasteiger partial charge in [0, 0.05) is 15.7 Å². The van der Waals surface area contributed by atoms with Gasteiger partial charge in [-0.2, -0.15) is 0 Å². The number of carbonyl (C=O) groups excluding carboxylic acids is 1. The summed E-state index contributed by atoms with van der Waals surface area (Å²) in [5.74, 6) is 0.294. The molecule has 0 saturated heterocycles. The minimum Gasteiger partial charge on any atom is -0.483 e. The summed E-state index contributed by atoms with van der Waals surface area (Å²) < 4.78 is 5.45. The van der Waals surface area contributed by atoms with Crippen LogP contribution in [0, 0.1) is 6.92 Å². The molecule has 4 nitrogen and oxygen atoms in total. The van der Waals surface area contributed by atoms with Crippen molar-refractivity contribution in [3.63, 3.8) is 0 Å². The van der Waals surface area contributed by atoms with Crippen LogP contribution < -0.4 is 15.4 Å². The normalized spacial score (nSPS) is 10.0. The molecular weight excluding hydrogens is 355 g/mol. The molecule has 0 saturated carbocycles. The van der Waals surface area contributed by atoms with E-state index in [1.54, 1.807) is 24.3 Å². The average molecular weight is 369 g/mol. The van der Waals surface area contributed by atoms with E-state index in [0.29, 0.717) is 21.5 Å². The predicted octanol–water partition coefficient (Wildman–Crippen LogP) is 4.19. The Bertz CT molecular complexity index is 718. The van der Waals surface area contributed by atoms with E-state index in [9.17, 15) is 4.79 Å². The van der Waals surface area contributed by atoms with Crippen molar-refractivity contribution in [1.82, 2.24) is 5.32 Å². The molecule has 0 atom stereocenters. The second-order valence-corrected chi connectivity index (χ2v) is 6.00. The van der Waals surface area contributed by atoms with Crippen LogP contribution in [0.15, 0.2) is 42.5 Å². The third-order valence-electron chi connectivity index (χ3n) is 2.83. The molecule has 2 aromatic carbocycles. The van der Waals surface area contributed by atoms with Gasteiger partial charge in [0.25, 0.3) is 5.91 Å². The van der Waals surface area contributed by atoms with Crippen LogP contribution in [-0.4, -0.2) is 17.6 Å². The summed E-state index contributed by atoms with van der Waals surface area (Å²) in [7, 11) is 0. The first-order chi connectivity index (χ1) is 10.9. The van der Waals surface area contributed by atoms with Gasteiger partial charge in [0.05, 0.1) is 0 Å². The molecule has 0 radical (unpaired) electrons. The molecule has 7 heteroatoms. The number of aryl methyl sites for hydroxylation is 1. The number of thiocarbonyl (C=S) groups is 1. The molecule has 0 heterocycles. The van der Waals surface area contributed by atoms with E-state index in [1.165, 1.54) is 0 Å². The summed E-state index contributed by atoms with van der Waals surface area (Å²) in [5.41, 5.74) is 1.54. The summed E-state index contributed by atoms with van der Waals surface area (Å²) in [5, 5.41) is 6.45. The number of anilines is 1. The molecule has 0 aliphatic carbocycles. The molecule has 0 fully saturated rings. The van der Waals surface area contributed by atoms with E-state index in [4.69, 9.17) is 40.2 Å². The minimum atomic E-state index is -0.362. The molecule has 0 bridgehead atoms. The van der Waals surface area contributed by atoms with Crippen LogP contribution in [0.3, 0.4) is 0 Å². The summed E-state index contributed by atoms with van der Waals surface area (Å²) in [6, 6.07) is 12.3. The number of carbonyl (C=O) groups is 1. The lowest BCUT2D eigenvalue weighted by Gasteiger charge is -2.11. The Hall–Kier alpha value is -1.82. The molecular formula is C16H14Cl2N2O2S. The fourth-order valence-corrected chi connectivity index (χ4v) is 2.57. The standard InChI is InChI=1S/C16H14Cl2N2O2S/c1-10-4-2-3-5-14(10)22-9-15(21)20-16(23)19-13-7-11(17)6-12(18)8-13/h2-8H,9H2,1H3,(H2,19,20,21,23). The molecule has 2 aromatic rings. The quantitative estimate of drug-likeness (QED) is 0.794. The Labute approximate surface area is 149 Å². The zero-order valence-corrected chi connectivity index (χ0v) is 14.6. The fourth-order valence-electron chi connectivity index (χ4n) is 1.81. The van der Waals surface area contributed by atoms with Gasteiger partial charge in [-0.05, 0) is 49.0 Å². The lowest BCUT2D eigenvalue weighted by Crippen LogP contribution is -2.37. The first-order valence-corrected chi connectivity index (χ1v) is 7.86. The number of para-hydroxylation sites is 1. The van der Waals surface area contributed by atoms with Crippen LogP contribution >= 0.6 is 35.4 Å². The number of nitrogens with one attached hydrogen (secondary N) is 2. The Kier molecular flexibility index (Phi) is 6.21. The number of ether oxygens (including phenoxy) is 1. The molecule has 1 amide bonds. The van der Waals surface area contributed by atoms with E-state index in [1.807, 2.05) is 25.1 Å². The number of halogens is 2. The molecule has 120 valence electrons. The smallest absolute Gasteiger partial charge is 0.264 e. The highest BCUT2D eigenvalue weighted by atomic mass is 35.5. The van der Waals surface area contributed by atoms with Crippen molar-refractivity contribution in [3.8, 4) is 5.75 Å². The number of benzene rings is 2. The van der Waals surface area contributed by atoms with E-state index >= 15 is 0 Å². The van der Waals surface area contributed by atoms with Gasteiger partial charge >= 0.3 is 0 Å². The van der Waals surface area contributed by atoms with Crippen molar-refractivity contribution in [2.75, 3.05) is 11.9 Å². The second kappa shape index (κ2) is 8.15.